The molecule has 0 saturated heterocycles. The summed E-state index contributed by atoms with van der Waals surface area (Å²) >= 11 is 0. The number of ether oxygens (including phenoxy) is 1. The van der Waals surface area contributed by atoms with Crippen LogP contribution in [0.1, 0.15) is 38.8 Å². The van der Waals surface area contributed by atoms with Gasteiger partial charge in [0.15, 0.2) is 5.78 Å². The number of benzene rings is 1. The minimum absolute atomic E-state index is 0.121. The molecule has 1 aromatic rings. The van der Waals surface area contributed by atoms with Crippen LogP contribution in [0.3, 0.4) is 0 Å². The quantitative estimate of drug-likeness (QED) is 0.800. The van der Waals surface area contributed by atoms with Crippen molar-refractivity contribution >= 4 is 5.78 Å². The second-order valence-electron chi connectivity index (χ2n) is 5.47. The van der Waals surface area contributed by atoms with E-state index in [1.165, 1.54) is 5.56 Å². The van der Waals surface area contributed by atoms with Crippen LogP contribution in [0.25, 0.3) is 0 Å². The first-order chi connectivity index (χ1) is 7.84. The van der Waals surface area contributed by atoms with Crippen molar-refractivity contribution in [3.63, 3.8) is 0 Å². The molecule has 0 spiro atoms. The zero-order chi connectivity index (χ0) is 13.1. The molecule has 1 atom stereocenters. The topological polar surface area (TPSA) is 26.3 Å². The molecule has 0 N–H and O–H groups in total. The number of carbonyl (C=O) groups is 1. The summed E-state index contributed by atoms with van der Waals surface area (Å²) in [5.41, 5.74) is 2.49. The lowest BCUT2D eigenvalue weighted by Gasteiger charge is -2.19. The molecule has 0 amide bonds. The lowest BCUT2D eigenvalue weighted by molar-refractivity contribution is -0.127. The van der Waals surface area contributed by atoms with E-state index in [1.54, 1.807) is 14.0 Å². The summed E-state index contributed by atoms with van der Waals surface area (Å²) in [5.74, 6) is 0.121. The molecule has 0 saturated carbocycles. The highest BCUT2D eigenvalue weighted by Crippen LogP contribution is 2.22. The van der Waals surface area contributed by atoms with Gasteiger partial charge in [0.05, 0.1) is 0 Å². The van der Waals surface area contributed by atoms with E-state index >= 15 is 0 Å². The maximum atomic E-state index is 11.7. The maximum absolute atomic E-state index is 11.7. The lowest BCUT2D eigenvalue weighted by Crippen LogP contribution is -2.21. The third-order valence-electron chi connectivity index (χ3n) is 3.01. The lowest BCUT2D eigenvalue weighted by atomic mass is 9.86. The van der Waals surface area contributed by atoms with Crippen LogP contribution in [-0.4, -0.2) is 19.0 Å². The van der Waals surface area contributed by atoms with E-state index in [2.05, 4.69) is 32.9 Å². The van der Waals surface area contributed by atoms with Gasteiger partial charge in [0.25, 0.3) is 0 Å². The minimum Gasteiger partial charge on any atom is -0.374 e. The molecule has 1 rings (SSSR count). The van der Waals surface area contributed by atoms with Gasteiger partial charge in [-0.3, -0.25) is 4.79 Å². The molecule has 0 aliphatic carbocycles. The van der Waals surface area contributed by atoms with Crippen LogP contribution in [0, 0.1) is 0 Å². The van der Waals surface area contributed by atoms with Crippen LogP contribution in [0.5, 0.6) is 0 Å². The average molecular weight is 234 g/mol. The predicted octanol–water partition coefficient (Wildman–Crippen LogP) is 3.13. The minimum atomic E-state index is -0.322. The summed E-state index contributed by atoms with van der Waals surface area (Å²) in [5, 5.41) is 0. The standard InChI is InChI=1S/C15H22O2/c1-11(17-5)14(16)10-12-6-8-13(9-7-12)15(2,3)4/h6-9,11H,10H2,1-5H3. The first-order valence-electron chi connectivity index (χ1n) is 5.99. The molecule has 17 heavy (non-hydrogen) atoms. The zero-order valence-corrected chi connectivity index (χ0v) is 11.4. The average Bonchev–Trinajstić information content (AvgIpc) is 2.27. The van der Waals surface area contributed by atoms with Crippen molar-refractivity contribution in [1.82, 2.24) is 0 Å². The Labute approximate surface area is 104 Å². The van der Waals surface area contributed by atoms with Crippen LogP contribution in [0.4, 0.5) is 0 Å². The first kappa shape index (κ1) is 13.9. The van der Waals surface area contributed by atoms with Crippen molar-refractivity contribution in [2.45, 2.75) is 45.6 Å². The fourth-order valence-corrected chi connectivity index (χ4v) is 1.60. The van der Waals surface area contributed by atoms with Gasteiger partial charge in [-0.1, -0.05) is 45.0 Å². The molecule has 2 nitrogen and oxygen atoms in total. The van der Waals surface area contributed by atoms with Gasteiger partial charge >= 0.3 is 0 Å². The molecule has 1 aromatic carbocycles. The van der Waals surface area contributed by atoms with Crippen molar-refractivity contribution < 1.29 is 9.53 Å². The first-order valence-corrected chi connectivity index (χ1v) is 5.99. The van der Waals surface area contributed by atoms with Crippen LogP contribution < -0.4 is 0 Å². The van der Waals surface area contributed by atoms with Gasteiger partial charge < -0.3 is 4.74 Å². The Hall–Kier alpha value is -1.15. The van der Waals surface area contributed by atoms with Crippen molar-refractivity contribution in [3.05, 3.63) is 35.4 Å². The molecular weight excluding hydrogens is 212 g/mol. The van der Waals surface area contributed by atoms with Crippen molar-refractivity contribution in [3.8, 4) is 0 Å². The summed E-state index contributed by atoms with van der Waals surface area (Å²) in [6, 6.07) is 8.25. The maximum Gasteiger partial charge on any atom is 0.165 e. The van der Waals surface area contributed by atoms with Crippen LogP contribution in [-0.2, 0) is 21.4 Å². The Morgan fingerprint density at radius 1 is 1.24 bits per heavy atom. The Morgan fingerprint density at radius 2 is 1.76 bits per heavy atom. The smallest absolute Gasteiger partial charge is 0.165 e. The van der Waals surface area contributed by atoms with Gasteiger partial charge in [-0.15, -0.1) is 0 Å². The molecule has 0 bridgehead atoms. The van der Waals surface area contributed by atoms with Crippen molar-refractivity contribution in [1.29, 1.82) is 0 Å². The summed E-state index contributed by atoms with van der Waals surface area (Å²) < 4.78 is 5.01. The van der Waals surface area contributed by atoms with Crippen molar-refractivity contribution in [2.75, 3.05) is 7.11 Å². The van der Waals surface area contributed by atoms with Crippen LogP contribution in [0.15, 0.2) is 24.3 Å². The molecular formula is C15H22O2. The number of carbonyl (C=O) groups excluding carboxylic acids is 1. The van der Waals surface area contributed by atoms with E-state index in [0.717, 1.165) is 5.56 Å². The molecule has 0 aromatic heterocycles. The number of methoxy groups -OCH3 is 1. The van der Waals surface area contributed by atoms with Crippen LogP contribution in [0.2, 0.25) is 0 Å². The Morgan fingerprint density at radius 3 is 2.18 bits per heavy atom. The van der Waals surface area contributed by atoms with E-state index in [9.17, 15) is 4.79 Å². The third-order valence-corrected chi connectivity index (χ3v) is 3.01. The highest BCUT2D eigenvalue weighted by atomic mass is 16.5. The number of rotatable bonds is 4. The summed E-state index contributed by atoms with van der Waals surface area (Å²) in [6.07, 6.45) is 0.122. The Kier molecular flexibility index (Phi) is 4.47. The molecule has 0 fully saturated rings. The number of Topliss-reactive ketones (excluding diaryl/α,β-unsaturated/α-hetero) is 1. The summed E-state index contributed by atoms with van der Waals surface area (Å²) in [4.78, 5) is 11.7. The van der Waals surface area contributed by atoms with Gasteiger partial charge in [0.2, 0.25) is 0 Å². The normalized spacial score (nSPS) is 13.5. The van der Waals surface area contributed by atoms with Gasteiger partial charge in [-0.05, 0) is 23.5 Å². The zero-order valence-electron chi connectivity index (χ0n) is 11.4. The van der Waals surface area contributed by atoms with E-state index in [-0.39, 0.29) is 17.3 Å². The van der Waals surface area contributed by atoms with Gasteiger partial charge in [0, 0.05) is 13.5 Å². The molecule has 0 aliphatic rings. The highest BCUT2D eigenvalue weighted by Gasteiger charge is 2.15. The molecule has 0 heterocycles. The Balaban J connectivity index is 2.73. The predicted molar refractivity (Wildman–Crippen MR) is 70.3 cm³/mol. The highest BCUT2D eigenvalue weighted by molar-refractivity contribution is 5.84. The van der Waals surface area contributed by atoms with Gasteiger partial charge in [0.1, 0.15) is 6.10 Å². The van der Waals surface area contributed by atoms with Gasteiger partial charge in [-0.2, -0.15) is 0 Å². The molecule has 1 unspecified atom stereocenters. The number of ketones is 1. The largest absolute Gasteiger partial charge is 0.374 e. The fourth-order valence-electron chi connectivity index (χ4n) is 1.60. The van der Waals surface area contributed by atoms with Gasteiger partial charge in [-0.25, -0.2) is 0 Å². The fraction of sp³-hybridized carbons (Fsp3) is 0.533. The van der Waals surface area contributed by atoms with E-state index in [0.29, 0.717) is 6.42 Å². The summed E-state index contributed by atoms with van der Waals surface area (Å²) in [7, 11) is 1.56. The summed E-state index contributed by atoms with van der Waals surface area (Å²) in [6.45, 7) is 8.33. The van der Waals surface area contributed by atoms with E-state index < -0.39 is 0 Å². The Bertz CT molecular complexity index is 371. The van der Waals surface area contributed by atoms with Crippen LogP contribution >= 0.6 is 0 Å². The second kappa shape index (κ2) is 5.46. The molecule has 94 valence electrons. The van der Waals surface area contributed by atoms with E-state index in [1.807, 2.05) is 12.1 Å². The molecule has 0 radical (unpaired) electrons. The number of hydrogen-bond acceptors (Lipinski definition) is 2. The third kappa shape index (κ3) is 3.97. The second-order valence-corrected chi connectivity index (χ2v) is 5.47. The molecule has 0 aliphatic heterocycles. The monoisotopic (exact) mass is 234 g/mol. The molecule has 2 heteroatoms. The number of hydrogen-bond donors (Lipinski definition) is 0. The van der Waals surface area contributed by atoms with E-state index in [4.69, 9.17) is 4.74 Å². The SMILES string of the molecule is COC(C)C(=O)Cc1ccc(C(C)(C)C)cc1. The van der Waals surface area contributed by atoms with Crippen molar-refractivity contribution in [2.24, 2.45) is 0 Å².